The number of nitrogens with zero attached hydrogens (tertiary/aromatic N) is 1. The number of rotatable bonds is 2. The van der Waals surface area contributed by atoms with E-state index in [1.165, 1.54) is 0 Å². The Morgan fingerprint density at radius 3 is 2.59 bits per heavy atom. The van der Waals surface area contributed by atoms with E-state index >= 15 is 0 Å². The van der Waals surface area contributed by atoms with E-state index in [4.69, 9.17) is 18.0 Å². The molecule has 0 saturated carbocycles. The number of likely N-dealkylation sites (tertiary alicyclic amines) is 1. The summed E-state index contributed by atoms with van der Waals surface area (Å²) in [5.41, 5.74) is 6.75. The van der Waals surface area contributed by atoms with Gasteiger partial charge in [0.25, 0.3) is 5.91 Å². The van der Waals surface area contributed by atoms with Crippen molar-refractivity contribution >= 4 is 28.9 Å². The maximum atomic E-state index is 12.3. The average Bonchev–Trinajstić information content (AvgIpc) is 2.81. The maximum absolute atomic E-state index is 12.3. The van der Waals surface area contributed by atoms with Gasteiger partial charge < -0.3 is 16.0 Å². The molecule has 0 atom stereocenters. The highest BCUT2D eigenvalue weighted by molar-refractivity contribution is 7.80. The molecule has 1 heterocycles. The SMILES string of the molecule is NC(=S)Nc1ccccc1C(=O)N1CCCC1. The number of hydrogen-bond donors (Lipinski definition) is 2. The maximum Gasteiger partial charge on any atom is 0.255 e. The molecule has 17 heavy (non-hydrogen) atoms. The Kier molecular flexibility index (Phi) is 3.58. The molecule has 0 bridgehead atoms. The van der Waals surface area contributed by atoms with Crippen molar-refractivity contribution in [1.82, 2.24) is 4.90 Å². The van der Waals surface area contributed by atoms with Crippen LogP contribution in [0, 0.1) is 0 Å². The van der Waals surface area contributed by atoms with Gasteiger partial charge in [0.05, 0.1) is 11.3 Å². The molecule has 1 aromatic rings. The molecule has 1 aliphatic rings. The summed E-state index contributed by atoms with van der Waals surface area (Å²) < 4.78 is 0. The van der Waals surface area contributed by atoms with Gasteiger partial charge in [-0.1, -0.05) is 12.1 Å². The monoisotopic (exact) mass is 249 g/mol. The number of carbonyl (C=O) groups is 1. The van der Waals surface area contributed by atoms with Gasteiger partial charge in [-0.3, -0.25) is 4.79 Å². The lowest BCUT2D eigenvalue weighted by Gasteiger charge is -2.17. The van der Waals surface area contributed by atoms with Crippen LogP contribution in [0.4, 0.5) is 5.69 Å². The Morgan fingerprint density at radius 1 is 1.29 bits per heavy atom. The minimum atomic E-state index is 0.0434. The summed E-state index contributed by atoms with van der Waals surface area (Å²) in [5.74, 6) is 0.0434. The molecule has 1 fully saturated rings. The summed E-state index contributed by atoms with van der Waals surface area (Å²) >= 11 is 4.80. The molecule has 90 valence electrons. The fourth-order valence-electron chi connectivity index (χ4n) is 2.00. The van der Waals surface area contributed by atoms with Gasteiger partial charge in [0.15, 0.2) is 5.11 Å². The van der Waals surface area contributed by atoms with Crippen molar-refractivity contribution in [2.75, 3.05) is 18.4 Å². The number of nitrogens with two attached hydrogens (primary N) is 1. The molecular weight excluding hydrogens is 234 g/mol. The molecule has 3 N–H and O–H groups in total. The topological polar surface area (TPSA) is 58.4 Å². The van der Waals surface area contributed by atoms with Crippen molar-refractivity contribution in [3.05, 3.63) is 29.8 Å². The Hall–Kier alpha value is -1.62. The first-order chi connectivity index (χ1) is 8.18. The molecule has 2 rings (SSSR count). The average molecular weight is 249 g/mol. The number of nitrogens with one attached hydrogen (secondary N) is 1. The van der Waals surface area contributed by atoms with Crippen molar-refractivity contribution in [2.24, 2.45) is 5.73 Å². The molecule has 0 spiro atoms. The molecule has 1 aliphatic heterocycles. The summed E-state index contributed by atoms with van der Waals surface area (Å²) in [6.07, 6.45) is 2.16. The lowest BCUT2D eigenvalue weighted by atomic mass is 10.1. The fourth-order valence-corrected chi connectivity index (χ4v) is 2.11. The van der Waals surface area contributed by atoms with Crippen LogP contribution in [0.25, 0.3) is 0 Å². The van der Waals surface area contributed by atoms with Crippen LogP contribution in [0.1, 0.15) is 23.2 Å². The number of anilines is 1. The molecule has 1 saturated heterocycles. The molecule has 0 aliphatic carbocycles. The number of amides is 1. The smallest absolute Gasteiger partial charge is 0.255 e. The quantitative estimate of drug-likeness (QED) is 0.781. The molecule has 1 amide bonds. The minimum Gasteiger partial charge on any atom is -0.376 e. The van der Waals surface area contributed by atoms with Crippen LogP contribution in [-0.4, -0.2) is 29.0 Å². The van der Waals surface area contributed by atoms with Crippen molar-refractivity contribution in [2.45, 2.75) is 12.8 Å². The zero-order valence-electron chi connectivity index (χ0n) is 9.48. The lowest BCUT2D eigenvalue weighted by molar-refractivity contribution is 0.0794. The van der Waals surface area contributed by atoms with Gasteiger partial charge in [-0.25, -0.2) is 0 Å². The zero-order valence-corrected chi connectivity index (χ0v) is 10.3. The van der Waals surface area contributed by atoms with E-state index in [-0.39, 0.29) is 11.0 Å². The Morgan fingerprint density at radius 2 is 1.94 bits per heavy atom. The summed E-state index contributed by atoms with van der Waals surface area (Å²) in [6.45, 7) is 1.67. The Bertz CT molecular complexity index is 441. The Balaban J connectivity index is 2.24. The van der Waals surface area contributed by atoms with Crippen molar-refractivity contribution in [3.8, 4) is 0 Å². The van der Waals surface area contributed by atoms with E-state index in [9.17, 15) is 4.79 Å². The van der Waals surface area contributed by atoms with Gasteiger partial charge in [-0.05, 0) is 37.2 Å². The molecule has 0 unspecified atom stereocenters. The van der Waals surface area contributed by atoms with Crippen LogP contribution < -0.4 is 11.1 Å². The second-order valence-corrected chi connectivity index (χ2v) is 4.47. The molecule has 0 aromatic heterocycles. The molecule has 0 radical (unpaired) electrons. The second kappa shape index (κ2) is 5.14. The normalized spacial score (nSPS) is 14.7. The van der Waals surface area contributed by atoms with E-state index in [0.717, 1.165) is 25.9 Å². The highest BCUT2D eigenvalue weighted by Gasteiger charge is 2.21. The first-order valence-corrected chi connectivity index (χ1v) is 6.04. The van der Waals surface area contributed by atoms with Crippen LogP contribution in [0.3, 0.4) is 0 Å². The predicted molar refractivity (Wildman–Crippen MR) is 72.0 cm³/mol. The first-order valence-electron chi connectivity index (χ1n) is 5.63. The summed E-state index contributed by atoms with van der Waals surface area (Å²) in [6, 6.07) is 7.29. The third kappa shape index (κ3) is 2.74. The van der Waals surface area contributed by atoms with Crippen LogP contribution in [-0.2, 0) is 0 Å². The molecule has 1 aromatic carbocycles. The molecular formula is C12H15N3OS. The third-order valence-corrected chi connectivity index (χ3v) is 2.91. The highest BCUT2D eigenvalue weighted by atomic mass is 32.1. The van der Waals surface area contributed by atoms with E-state index in [2.05, 4.69) is 5.32 Å². The minimum absolute atomic E-state index is 0.0434. The van der Waals surface area contributed by atoms with Gasteiger partial charge in [0, 0.05) is 13.1 Å². The van der Waals surface area contributed by atoms with E-state index < -0.39 is 0 Å². The summed E-state index contributed by atoms with van der Waals surface area (Å²) in [4.78, 5) is 14.1. The van der Waals surface area contributed by atoms with Crippen LogP contribution in [0.5, 0.6) is 0 Å². The first kappa shape index (κ1) is 11.9. The van der Waals surface area contributed by atoms with Gasteiger partial charge in [-0.2, -0.15) is 0 Å². The standard InChI is InChI=1S/C12H15N3OS/c13-12(17)14-10-6-2-1-5-9(10)11(16)15-7-3-4-8-15/h1-2,5-6H,3-4,7-8H2,(H3,13,14,17). The number of carbonyl (C=O) groups excluding carboxylic acids is 1. The highest BCUT2D eigenvalue weighted by Crippen LogP contribution is 2.19. The van der Waals surface area contributed by atoms with Crippen LogP contribution in [0.15, 0.2) is 24.3 Å². The zero-order chi connectivity index (χ0) is 12.3. The van der Waals surface area contributed by atoms with Crippen LogP contribution in [0.2, 0.25) is 0 Å². The van der Waals surface area contributed by atoms with Gasteiger partial charge >= 0.3 is 0 Å². The number of hydrogen-bond acceptors (Lipinski definition) is 2. The lowest BCUT2D eigenvalue weighted by Crippen LogP contribution is -2.29. The van der Waals surface area contributed by atoms with Crippen molar-refractivity contribution in [1.29, 1.82) is 0 Å². The predicted octanol–water partition coefficient (Wildman–Crippen LogP) is 1.58. The van der Waals surface area contributed by atoms with Crippen LogP contribution >= 0.6 is 12.2 Å². The number of para-hydroxylation sites is 1. The summed E-state index contributed by atoms with van der Waals surface area (Å²) in [7, 11) is 0. The van der Waals surface area contributed by atoms with Gasteiger partial charge in [0.1, 0.15) is 0 Å². The number of benzene rings is 1. The molecule has 5 heteroatoms. The van der Waals surface area contributed by atoms with E-state index in [1.54, 1.807) is 6.07 Å². The van der Waals surface area contributed by atoms with Gasteiger partial charge in [0.2, 0.25) is 0 Å². The number of thiocarbonyl (C=S) groups is 1. The third-order valence-electron chi connectivity index (χ3n) is 2.81. The van der Waals surface area contributed by atoms with Crippen molar-refractivity contribution in [3.63, 3.8) is 0 Å². The van der Waals surface area contributed by atoms with E-state index in [1.807, 2.05) is 23.1 Å². The van der Waals surface area contributed by atoms with Gasteiger partial charge in [-0.15, -0.1) is 0 Å². The van der Waals surface area contributed by atoms with E-state index in [0.29, 0.717) is 11.3 Å². The van der Waals surface area contributed by atoms with Crippen molar-refractivity contribution < 1.29 is 4.79 Å². The second-order valence-electron chi connectivity index (χ2n) is 4.03. The fraction of sp³-hybridized carbons (Fsp3) is 0.333. The largest absolute Gasteiger partial charge is 0.376 e. The Labute approximate surface area is 106 Å². The summed E-state index contributed by atoms with van der Waals surface area (Å²) in [5, 5.41) is 3.01. The molecule has 4 nitrogen and oxygen atoms in total.